The van der Waals surface area contributed by atoms with Gasteiger partial charge in [-0.05, 0) is 30.2 Å². The van der Waals surface area contributed by atoms with Gasteiger partial charge in [0.15, 0.2) is 0 Å². The van der Waals surface area contributed by atoms with Crippen LogP contribution in [-0.4, -0.2) is 27.6 Å². The van der Waals surface area contributed by atoms with Crippen LogP contribution in [0.4, 0.5) is 4.39 Å². The van der Waals surface area contributed by atoms with Crippen LogP contribution in [0.1, 0.15) is 27.2 Å². The van der Waals surface area contributed by atoms with Crippen LogP contribution in [0.15, 0.2) is 54.6 Å². The molecule has 2 aromatic carbocycles. The van der Waals surface area contributed by atoms with Gasteiger partial charge >= 0.3 is 0 Å². The summed E-state index contributed by atoms with van der Waals surface area (Å²) in [7, 11) is 1.69. The maximum atomic E-state index is 13.0. The predicted octanol–water partition coefficient (Wildman–Crippen LogP) is 4.30. The Hall–Kier alpha value is -2.66. The van der Waals surface area contributed by atoms with Crippen LogP contribution in [-0.2, 0) is 13.1 Å². The molecule has 134 valence electrons. The molecular formula is C20H19ClFN3O. The number of hydrogen-bond donors (Lipinski definition) is 0. The van der Waals surface area contributed by atoms with Gasteiger partial charge in [-0.3, -0.25) is 4.79 Å². The van der Waals surface area contributed by atoms with Crippen molar-refractivity contribution >= 4 is 17.5 Å². The zero-order valence-electron chi connectivity index (χ0n) is 14.6. The lowest BCUT2D eigenvalue weighted by Gasteiger charge is -2.17. The third-order valence-electron chi connectivity index (χ3n) is 4.13. The number of nitrogens with zero attached hydrogens (tertiary/aromatic N) is 3. The van der Waals surface area contributed by atoms with Gasteiger partial charge in [0.05, 0.1) is 17.8 Å². The molecule has 0 aliphatic carbocycles. The summed E-state index contributed by atoms with van der Waals surface area (Å²) < 4.78 is 14.7. The van der Waals surface area contributed by atoms with E-state index in [4.69, 9.17) is 11.6 Å². The first kappa shape index (κ1) is 18.1. The molecule has 4 nitrogen and oxygen atoms in total. The second kappa shape index (κ2) is 7.70. The van der Waals surface area contributed by atoms with Crippen molar-refractivity contribution in [1.82, 2.24) is 14.7 Å². The zero-order chi connectivity index (χ0) is 18.7. The predicted molar refractivity (Wildman–Crippen MR) is 99.7 cm³/mol. The molecule has 0 fully saturated rings. The number of benzene rings is 2. The van der Waals surface area contributed by atoms with E-state index in [1.165, 1.54) is 12.1 Å². The van der Waals surface area contributed by atoms with Crippen LogP contribution in [0.3, 0.4) is 0 Å². The maximum absolute atomic E-state index is 13.0. The molecule has 0 atom stereocenters. The molecule has 0 saturated heterocycles. The molecule has 1 amide bonds. The van der Waals surface area contributed by atoms with Gasteiger partial charge in [-0.1, -0.05) is 54.1 Å². The molecule has 0 aliphatic heterocycles. The molecular weight excluding hydrogens is 353 g/mol. The molecule has 0 aliphatic rings. The molecule has 6 heteroatoms. The Kier molecular flexibility index (Phi) is 5.38. The fourth-order valence-electron chi connectivity index (χ4n) is 2.78. The molecule has 0 radical (unpaired) electrons. The van der Waals surface area contributed by atoms with E-state index >= 15 is 0 Å². The van der Waals surface area contributed by atoms with Gasteiger partial charge in [0, 0.05) is 13.6 Å². The van der Waals surface area contributed by atoms with E-state index in [1.54, 1.807) is 35.7 Å². The van der Waals surface area contributed by atoms with E-state index < -0.39 is 0 Å². The highest BCUT2D eigenvalue weighted by atomic mass is 35.5. The number of amides is 1. The molecule has 1 aromatic heterocycles. The van der Waals surface area contributed by atoms with Gasteiger partial charge in [0.25, 0.3) is 5.91 Å². The van der Waals surface area contributed by atoms with Crippen LogP contribution < -0.4 is 0 Å². The summed E-state index contributed by atoms with van der Waals surface area (Å²) in [4.78, 5) is 14.4. The molecule has 1 heterocycles. The summed E-state index contributed by atoms with van der Waals surface area (Å²) in [6.07, 6.45) is 0. The molecule has 26 heavy (non-hydrogen) atoms. The van der Waals surface area contributed by atoms with E-state index in [0.29, 0.717) is 29.5 Å². The number of hydrogen-bond acceptors (Lipinski definition) is 2. The first-order valence-electron chi connectivity index (χ1n) is 8.22. The highest BCUT2D eigenvalue weighted by Gasteiger charge is 2.23. The highest BCUT2D eigenvalue weighted by molar-refractivity contribution is 6.33. The minimum absolute atomic E-state index is 0.212. The van der Waals surface area contributed by atoms with Crippen molar-refractivity contribution in [3.63, 3.8) is 0 Å². The van der Waals surface area contributed by atoms with Crippen LogP contribution in [0.5, 0.6) is 0 Å². The van der Waals surface area contributed by atoms with Crippen molar-refractivity contribution in [2.45, 2.75) is 20.0 Å². The lowest BCUT2D eigenvalue weighted by Crippen LogP contribution is -2.26. The Labute approximate surface area is 156 Å². The second-order valence-corrected chi connectivity index (χ2v) is 6.54. The molecule has 3 rings (SSSR count). The van der Waals surface area contributed by atoms with Gasteiger partial charge in [-0.2, -0.15) is 5.10 Å². The summed E-state index contributed by atoms with van der Waals surface area (Å²) in [6, 6.07) is 15.9. The zero-order valence-corrected chi connectivity index (χ0v) is 15.4. The van der Waals surface area contributed by atoms with Crippen LogP contribution >= 0.6 is 11.6 Å². The lowest BCUT2D eigenvalue weighted by atomic mass is 10.2. The standard InChI is InChI=1S/C20H19ClFN3O/c1-14-18(19(21)25(23-14)13-15-6-4-3-5-7-15)20(26)24(2)12-16-8-10-17(22)11-9-16/h3-11H,12-13H2,1-2H3. The van der Waals surface area contributed by atoms with Gasteiger partial charge in [-0.25, -0.2) is 9.07 Å². The maximum Gasteiger partial charge on any atom is 0.258 e. The highest BCUT2D eigenvalue weighted by Crippen LogP contribution is 2.23. The number of rotatable bonds is 5. The average Bonchev–Trinajstić information content (AvgIpc) is 2.90. The van der Waals surface area contributed by atoms with Gasteiger partial charge in [0.2, 0.25) is 0 Å². The number of carbonyl (C=O) groups is 1. The molecule has 0 unspecified atom stereocenters. The lowest BCUT2D eigenvalue weighted by molar-refractivity contribution is 0.0784. The normalized spacial score (nSPS) is 10.8. The number of halogens is 2. The fourth-order valence-corrected chi connectivity index (χ4v) is 3.10. The Morgan fingerprint density at radius 3 is 2.42 bits per heavy atom. The first-order chi connectivity index (χ1) is 12.5. The van der Waals surface area contributed by atoms with Gasteiger partial charge in [-0.15, -0.1) is 0 Å². The summed E-state index contributed by atoms with van der Waals surface area (Å²) in [5.74, 6) is -0.514. The second-order valence-electron chi connectivity index (χ2n) is 6.18. The van der Waals surface area contributed by atoms with E-state index in [1.807, 2.05) is 30.3 Å². The summed E-state index contributed by atoms with van der Waals surface area (Å²) in [5.41, 5.74) is 2.87. The van der Waals surface area contributed by atoms with Crippen LogP contribution in [0, 0.1) is 12.7 Å². The van der Waals surface area contributed by atoms with Crippen LogP contribution in [0.2, 0.25) is 5.15 Å². The minimum atomic E-state index is -0.302. The van der Waals surface area contributed by atoms with E-state index in [0.717, 1.165) is 11.1 Å². The van der Waals surface area contributed by atoms with Crippen LogP contribution in [0.25, 0.3) is 0 Å². The molecule has 3 aromatic rings. The third kappa shape index (κ3) is 3.94. The fraction of sp³-hybridized carbons (Fsp3) is 0.200. The third-order valence-corrected chi connectivity index (χ3v) is 4.52. The summed E-state index contributed by atoms with van der Waals surface area (Å²) in [5, 5.41) is 4.74. The van der Waals surface area contributed by atoms with Gasteiger partial charge in [0.1, 0.15) is 11.0 Å². The Morgan fingerprint density at radius 2 is 1.77 bits per heavy atom. The first-order valence-corrected chi connectivity index (χ1v) is 8.60. The summed E-state index contributed by atoms with van der Waals surface area (Å²) in [6.45, 7) is 2.63. The largest absolute Gasteiger partial charge is 0.337 e. The van der Waals surface area contributed by atoms with Crippen molar-refractivity contribution < 1.29 is 9.18 Å². The quantitative estimate of drug-likeness (QED) is 0.670. The van der Waals surface area contributed by atoms with Crippen molar-refractivity contribution in [3.8, 4) is 0 Å². The minimum Gasteiger partial charge on any atom is -0.337 e. The van der Waals surface area contributed by atoms with E-state index in [-0.39, 0.29) is 11.7 Å². The summed E-state index contributed by atoms with van der Waals surface area (Å²) >= 11 is 6.45. The van der Waals surface area contributed by atoms with E-state index in [9.17, 15) is 9.18 Å². The molecule has 0 spiro atoms. The monoisotopic (exact) mass is 371 g/mol. The Balaban J connectivity index is 1.79. The van der Waals surface area contributed by atoms with Gasteiger partial charge < -0.3 is 4.90 Å². The smallest absolute Gasteiger partial charge is 0.258 e. The molecule has 0 bridgehead atoms. The van der Waals surface area contributed by atoms with Crippen molar-refractivity contribution in [2.75, 3.05) is 7.05 Å². The molecule has 0 N–H and O–H groups in total. The number of aromatic nitrogens is 2. The van der Waals surface area contributed by atoms with Crippen molar-refractivity contribution in [2.24, 2.45) is 0 Å². The van der Waals surface area contributed by atoms with Crippen molar-refractivity contribution in [3.05, 3.63) is 88.0 Å². The SMILES string of the molecule is Cc1nn(Cc2ccccc2)c(Cl)c1C(=O)N(C)Cc1ccc(F)cc1. The molecule has 0 saturated carbocycles. The van der Waals surface area contributed by atoms with Crippen molar-refractivity contribution in [1.29, 1.82) is 0 Å². The average molecular weight is 372 g/mol. The number of carbonyl (C=O) groups excluding carboxylic acids is 1. The number of aryl methyl sites for hydroxylation is 1. The van der Waals surface area contributed by atoms with E-state index in [2.05, 4.69) is 5.10 Å². The topological polar surface area (TPSA) is 38.1 Å². The Bertz CT molecular complexity index is 907. The Morgan fingerprint density at radius 1 is 1.12 bits per heavy atom.